The summed E-state index contributed by atoms with van der Waals surface area (Å²) in [7, 11) is 1.28. The van der Waals surface area contributed by atoms with Crippen molar-refractivity contribution >= 4 is 28.5 Å². The molecule has 4 nitrogen and oxygen atoms in total. The zero-order valence-electron chi connectivity index (χ0n) is 8.57. The normalized spacial score (nSPS) is 12.7. The van der Waals surface area contributed by atoms with Crippen molar-refractivity contribution < 1.29 is 13.9 Å². The molecule has 2 aromatic rings. The van der Waals surface area contributed by atoms with Crippen LogP contribution in [0.25, 0.3) is 11.0 Å². The van der Waals surface area contributed by atoms with Gasteiger partial charge < -0.3 is 14.9 Å². The molecule has 0 aliphatic rings. The van der Waals surface area contributed by atoms with Crippen molar-refractivity contribution in [3.63, 3.8) is 0 Å². The quantitative estimate of drug-likeness (QED) is 0.817. The van der Waals surface area contributed by atoms with E-state index >= 15 is 0 Å². The van der Waals surface area contributed by atoms with Crippen LogP contribution in [0.2, 0.25) is 5.02 Å². The van der Waals surface area contributed by atoms with E-state index in [0.717, 1.165) is 5.39 Å². The molecule has 2 N–H and O–H groups in total. The van der Waals surface area contributed by atoms with Crippen molar-refractivity contribution in [2.24, 2.45) is 5.73 Å². The van der Waals surface area contributed by atoms with E-state index in [1.807, 2.05) is 6.07 Å². The van der Waals surface area contributed by atoms with Crippen LogP contribution in [0.15, 0.2) is 28.7 Å². The van der Waals surface area contributed by atoms with Gasteiger partial charge in [0.2, 0.25) is 0 Å². The van der Waals surface area contributed by atoms with Gasteiger partial charge >= 0.3 is 5.97 Å². The van der Waals surface area contributed by atoms with Crippen molar-refractivity contribution in [3.8, 4) is 0 Å². The Morgan fingerprint density at radius 3 is 2.94 bits per heavy atom. The summed E-state index contributed by atoms with van der Waals surface area (Å²) in [5.74, 6) is -0.204. The van der Waals surface area contributed by atoms with Gasteiger partial charge in [-0.2, -0.15) is 0 Å². The van der Waals surface area contributed by atoms with Crippen molar-refractivity contribution in [2.75, 3.05) is 7.11 Å². The predicted octanol–water partition coefficient (Wildman–Crippen LogP) is 2.26. The third-order valence-corrected chi connectivity index (χ3v) is 2.57. The SMILES string of the molecule is COC(=O)C(N)c1cc2cccc(Cl)c2o1. The van der Waals surface area contributed by atoms with Gasteiger partial charge in [0.05, 0.1) is 12.1 Å². The van der Waals surface area contributed by atoms with Crippen molar-refractivity contribution in [3.05, 3.63) is 35.0 Å². The smallest absolute Gasteiger partial charge is 0.330 e. The molecule has 16 heavy (non-hydrogen) atoms. The van der Waals surface area contributed by atoms with E-state index in [4.69, 9.17) is 21.8 Å². The fourth-order valence-electron chi connectivity index (χ4n) is 1.44. The van der Waals surface area contributed by atoms with E-state index in [-0.39, 0.29) is 0 Å². The van der Waals surface area contributed by atoms with Gasteiger partial charge in [0.1, 0.15) is 5.76 Å². The number of hydrogen-bond donors (Lipinski definition) is 1. The van der Waals surface area contributed by atoms with E-state index in [1.165, 1.54) is 7.11 Å². The van der Waals surface area contributed by atoms with Gasteiger partial charge in [-0.1, -0.05) is 23.7 Å². The number of furan rings is 1. The van der Waals surface area contributed by atoms with Crippen LogP contribution in [-0.4, -0.2) is 13.1 Å². The minimum atomic E-state index is -0.923. The number of nitrogens with two attached hydrogens (primary N) is 1. The van der Waals surface area contributed by atoms with Gasteiger partial charge in [-0.25, -0.2) is 4.79 Å². The first-order valence-electron chi connectivity index (χ1n) is 4.65. The Hall–Kier alpha value is -1.52. The Bertz CT molecular complexity index is 535. The molecule has 0 bridgehead atoms. The summed E-state index contributed by atoms with van der Waals surface area (Å²) >= 11 is 5.94. The second-order valence-electron chi connectivity index (χ2n) is 3.31. The fourth-order valence-corrected chi connectivity index (χ4v) is 1.66. The first-order chi connectivity index (χ1) is 7.63. The highest BCUT2D eigenvalue weighted by atomic mass is 35.5. The zero-order valence-corrected chi connectivity index (χ0v) is 9.32. The molecule has 1 aromatic heterocycles. The molecule has 1 heterocycles. The maximum absolute atomic E-state index is 11.2. The molecule has 0 saturated carbocycles. The molecule has 1 atom stereocenters. The number of rotatable bonds is 2. The monoisotopic (exact) mass is 239 g/mol. The first kappa shape index (κ1) is 11.0. The van der Waals surface area contributed by atoms with E-state index in [1.54, 1.807) is 18.2 Å². The largest absolute Gasteiger partial charge is 0.468 e. The van der Waals surface area contributed by atoms with Crippen molar-refractivity contribution in [1.82, 2.24) is 0 Å². The lowest BCUT2D eigenvalue weighted by molar-refractivity contribution is -0.142. The van der Waals surface area contributed by atoms with Gasteiger partial charge in [-0.15, -0.1) is 0 Å². The number of carbonyl (C=O) groups is 1. The molecule has 0 aliphatic heterocycles. The Morgan fingerprint density at radius 2 is 2.31 bits per heavy atom. The number of hydrogen-bond acceptors (Lipinski definition) is 4. The minimum absolute atomic E-state index is 0.343. The Kier molecular flexibility index (Phi) is 2.85. The summed E-state index contributed by atoms with van der Waals surface area (Å²) < 4.78 is 9.96. The van der Waals surface area contributed by atoms with Crippen LogP contribution >= 0.6 is 11.6 Å². The topological polar surface area (TPSA) is 65.5 Å². The van der Waals surface area contributed by atoms with Crippen molar-refractivity contribution in [1.29, 1.82) is 0 Å². The minimum Gasteiger partial charge on any atom is -0.468 e. The van der Waals surface area contributed by atoms with E-state index in [9.17, 15) is 4.79 Å². The van der Waals surface area contributed by atoms with Crippen LogP contribution in [0, 0.1) is 0 Å². The highest BCUT2D eigenvalue weighted by Crippen LogP contribution is 2.28. The lowest BCUT2D eigenvalue weighted by Gasteiger charge is -2.04. The fraction of sp³-hybridized carbons (Fsp3) is 0.182. The average Bonchev–Trinajstić information content (AvgIpc) is 2.72. The second kappa shape index (κ2) is 4.15. The first-order valence-corrected chi connectivity index (χ1v) is 5.02. The molecule has 0 radical (unpaired) electrons. The summed E-state index contributed by atoms with van der Waals surface area (Å²) in [4.78, 5) is 11.2. The molecule has 2 rings (SSSR count). The summed E-state index contributed by atoms with van der Waals surface area (Å²) in [6, 6.07) is 6.10. The second-order valence-corrected chi connectivity index (χ2v) is 3.71. The molecule has 1 aromatic carbocycles. The molecule has 1 unspecified atom stereocenters. The predicted molar refractivity (Wildman–Crippen MR) is 60.2 cm³/mol. The summed E-state index contributed by atoms with van der Waals surface area (Å²) in [5.41, 5.74) is 6.18. The van der Waals surface area contributed by atoms with E-state index in [0.29, 0.717) is 16.4 Å². The van der Waals surface area contributed by atoms with Crippen LogP contribution in [0.3, 0.4) is 0 Å². The van der Waals surface area contributed by atoms with E-state index < -0.39 is 12.0 Å². The third-order valence-electron chi connectivity index (χ3n) is 2.28. The number of esters is 1. The highest BCUT2D eigenvalue weighted by molar-refractivity contribution is 6.34. The summed E-state index contributed by atoms with van der Waals surface area (Å²) in [5, 5.41) is 1.29. The number of benzene rings is 1. The van der Waals surface area contributed by atoms with Gasteiger partial charge in [0.15, 0.2) is 11.6 Å². The van der Waals surface area contributed by atoms with E-state index in [2.05, 4.69) is 4.74 Å². The molecular formula is C11H10ClNO3. The molecule has 0 spiro atoms. The van der Waals surface area contributed by atoms with Crippen LogP contribution in [0.4, 0.5) is 0 Å². The zero-order chi connectivity index (χ0) is 11.7. The average molecular weight is 240 g/mol. The van der Waals surface area contributed by atoms with Crippen molar-refractivity contribution in [2.45, 2.75) is 6.04 Å². The molecular weight excluding hydrogens is 230 g/mol. The molecule has 84 valence electrons. The standard InChI is InChI=1S/C11H10ClNO3/c1-15-11(14)9(13)8-5-6-3-2-4-7(12)10(6)16-8/h2-5,9H,13H2,1H3. The lowest BCUT2D eigenvalue weighted by atomic mass is 10.2. The number of para-hydroxylation sites is 1. The van der Waals surface area contributed by atoms with Gasteiger partial charge in [0, 0.05) is 5.39 Å². The molecule has 0 amide bonds. The Morgan fingerprint density at radius 1 is 1.56 bits per heavy atom. The van der Waals surface area contributed by atoms with Crippen LogP contribution in [-0.2, 0) is 9.53 Å². The molecule has 0 aliphatic carbocycles. The number of carbonyl (C=O) groups excluding carboxylic acids is 1. The molecule has 5 heteroatoms. The number of halogens is 1. The Labute approximate surface area is 96.9 Å². The van der Waals surface area contributed by atoms with Gasteiger partial charge in [-0.05, 0) is 12.1 Å². The third kappa shape index (κ3) is 1.77. The Balaban J connectivity index is 2.47. The van der Waals surface area contributed by atoms with Gasteiger partial charge in [-0.3, -0.25) is 0 Å². The maximum atomic E-state index is 11.2. The summed E-state index contributed by atoms with van der Waals surface area (Å²) in [6.07, 6.45) is 0. The van der Waals surface area contributed by atoms with Gasteiger partial charge in [0.25, 0.3) is 0 Å². The highest BCUT2D eigenvalue weighted by Gasteiger charge is 2.21. The number of methoxy groups -OCH3 is 1. The lowest BCUT2D eigenvalue weighted by Crippen LogP contribution is -2.21. The van der Waals surface area contributed by atoms with Crippen LogP contribution < -0.4 is 5.73 Å². The molecule has 0 saturated heterocycles. The molecule has 0 fully saturated rings. The number of ether oxygens (including phenoxy) is 1. The summed E-state index contributed by atoms with van der Waals surface area (Å²) in [6.45, 7) is 0. The van der Waals surface area contributed by atoms with Crippen LogP contribution in [0.5, 0.6) is 0 Å². The number of fused-ring (bicyclic) bond motifs is 1. The maximum Gasteiger partial charge on any atom is 0.330 e. The van der Waals surface area contributed by atoms with Crippen LogP contribution in [0.1, 0.15) is 11.8 Å².